The van der Waals surface area contributed by atoms with Gasteiger partial charge in [-0.1, -0.05) is 45.0 Å². The van der Waals surface area contributed by atoms with Gasteiger partial charge in [-0.3, -0.25) is 0 Å². The first kappa shape index (κ1) is 13.2. The van der Waals surface area contributed by atoms with Crippen molar-refractivity contribution in [1.29, 1.82) is 5.26 Å². The highest BCUT2D eigenvalue weighted by Crippen LogP contribution is 2.28. The van der Waals surface area contributed by atoms with Crippen LogP contribution in [0.1, 0.15) is 31.9 Å². The van der Waals surface area contributed by atoms with Gasteiger partial charge in [0.15, 0.2) is 0 Å². The second kappa shape index (κ2) is 4.78. The molecule has 0 fully saturated rings. The Labute approximate surface area is 114 Å². The van der Waals surface area contributed by atoms with Gasteiger partial charge in [-0.2, -0.15) is 5.26 Å². The van der Waals surface area contributed by atoms with E-state index in [1.54, 1.807) is 12.1 Å². The molecule has 0 amide bonds. The number of hydrogen-bond acceptors (Lipinski definition) is 2. The molecule has 2 nitrogen and oxygen atoms in total. The summed E-state index contributed by atoms with van der Waals surface area (Å²) in [5.74, 6) is 0.119. The molecule has 1 N–H and O–H groups in total. The summed E-state index contributed by atoms with van der Waals surface area (Å²) in [6.45, 7) is 6.51. The highest BCUT2D eigenvalue weighted by atomic mass is 16.3. The molecule has 0 aromatic heterocycles. The van der Waals surface area contributed by atoms with E-state index in [9.17, 15) is 5.11 Å². The van der Waals surface area contributed by atoms with E-state index in [0.29, 0.717) is 5.56 Å². The third kappa shape index (κ3) is 2.95. The molecular formula is C17H17NO. The molecule has 0 radical (unpaired) electrons. The Morgan fingerprint density at radius 3 is 2.11 bits per heavy atom. The summed E-state index contributed by atoms with van der Waals surface area (Å²) in [5.41, 5.74) is 3.71. The van der Waals surface area contributed by atoms with E-state index in [1.165, 1.54) is 11.6 Å². The van der Waals surface area contributed by atoms with Crippen molar-refractivity contribution in [1.82, 2.24) is 0 Å². The van der Waals surface area contributed by atoms with Gasteiger partial charge in [0.1, 0.15) is 5.75 Å². The maximum Gasteiger partial charge on any atom is 0.117 e. The van der Waals surface area contributed by atoms with Crippen LogP contribution in [0.25, 0.3) is 11.1 Å². The van der Waals surface area contributed by atoms with Gasteiger partial charge >= 0.3 is 0 Å². The topological polar surface area (TPSA) is 44.0 Å². The lowest BCUT2D eigenvalue weighted by molar-refractivity contribution is 0.475. The Bertz CT molecular complexity index is 628. The minimum Gasteiger partial charge on any atom is -0.508 e. The fourth-order valence-corrected chi connectivity index (χ4v) is 2.01. The molecule has 2 rings (SSSR count). The Hall–Kier alpha value is -2.27. The molecule has 2 aromatic carbocycles. The van der Waals surface area contributed by atoms with Crippen LogP contribution >= 0.6 is 0 Å². The summed E-state index contributed by atoms with van der Waals surface area (Å²) < 4.78 is 0. The molecule has 0 spiro atoms. The zero-order valence-corrected chi connectivity index (χ0v) is 11.4. The average Bonchev–Trinajstić information content (AvgIpc) is 2.37. The molecule has 0 atom stereocenters. The van der Waals surface area contributed by atoms with Gasteiger partial charge in [0.2, 0.25) is 0 Å². The fraction of sp³-hybridized carbons (Fsp3) is 0.235. The monoisotopic (exact) mass is 251 g/mol. The van der Waals surface area contributed by atoms with Gasteiger partial charge in [0, 0.05) is 0 Å². The number of phenols is 1. The van der Waals surface area contributed by atoms with Crippen LogP contribution in [-0.4, -0.2) is 5.11 Å². The Balaban J connectivity index is 2.43. The van der Waals surface area contributed by atoms with Gasteiger partial charge in [-0.15, -0.1) is 0 Å². The van der Waals surface area contributed by atoms with Crippen molar-refractivity contribution in [2.75, 3.05) is 0 Å². The van der Waals surface area contributed by atoms with E-state index in [4.69, 9.17) is 5.26 Å². The minimum absolute atomic E-state index is 0.119. The van der Waals surface area contributed by atoms with Gasteiger partial charge in [-0.25, -0.2) is 0 Å². The van der Waals surface area contributed by atoms with Crippen molar-refractivity contribution in [3.8, 4) is 22.9 Å². The number of nitriles is 1. The van der Waals surface area contributed by atoms with Crippen LogP contribution in [0.3, 0.4) is 0 Å². The summed E-state index contributed by atoms with van der Waals surface area (Å²) in [5, 5.41) is 18.5. The van der Waals surface area contributed by atoms with Crippen LogP contribution < -0.4 is 0 Å². The van der Waals surface area contributed by atoms with Crippen molar-refractivity contribution in [3.05, 3.63) is 53.6 Å². The third-order valence-corrected chi connectivity index (χ3v) is 3.13. The number of phenolic OH excluding ortho intramolecular Hbond substituents is 1. The molecule has 19 heavy (non-hydrogen) atoms. The van der Waals surface area contributed by atoms with Crippen LogP contribution in [0, 0.1) is 11.3 Å². The quantitative estimate of drug-likeness (QED) is 0.824. The van der Waals surface area contributed by atoms with Crippen molar-refractivity contribution in [2.45, 2.75) is 26.2 Å². The number of hydrogen-bond donors (Lipinski definition) is 1. The van der Waals surface area contributed by atoms with E-state index in [2.05, 4.69) is 39.0 Å². The molecule has 0 bridgehead atoms. The second-order valence-electron chi connectivity index (χ2n) is 5.71. The predicted octanol–water partition coefficient (Wildman–Crippen LogP) is 4.23. The van der Waals surface area contributed by atoms with Gasteiger partial charge < -0.3 is 5.11 Å². The van der Waals surface area contributed by atoms with Crippen LogP contribution in [0.4, 0.5) is 0 Å². The fourth-order valence-electron chi connectivity index (χ4n) is 2.01. The van der Waals surface area contributed by atoms with Crippen LogP contribution in [-0.2, 0) is 5.41 Å². The molecule has 0 heterocycles. The summed E-state index contributed by atoms with van der Waals surface area (Å²) >= 11 is 0. The van der Waals surface area contributed by atoms with E-state index < -0.39 is 0 Å². The largest absolute Gasteiger partial charge is 0.508 e. The predicted molar refractivity (Wildman–Crippen MR) is 77.0 cm³/mol. The van der Waals surface area contributed by atoms with Crippen molar-refractivity contribution in [2.24, 2.45) is 0 Å². The Morgan fingerprint density at radius 2 is 1.58 bits per heavy atom. The molecule has 0 unspecified atom stereocenters. The van der Waals surface area contributed by atoms with E-state index >= 15 is 0 Å². The first-order valence-electron chi connectivity index (χ1n) is 6.25. The first-order chi connectivity index (χ1) is 8.90. The molecule has 2 heteroatoms. The summed E-state index contributed by atoms with van der Waals surface area (Å²) in [4.78, 5) is 0. The molecule has 0 saturated carbocycles. The number of nitrogens with zero attached hydrogens (tertiary/aromatic N) is 1. The molecule has 0 aliphatic heterocycles. The van der Waals surface area contributed by atoms with Crippen molar-refractivity contribution >= 4 is 0 Å². The zero-order chi connectivity index (χ0) is 14.0. The molecule has 0 aliphatic rings. The second-order valence-corrected chi connectivity index (χ2v) is 5.71. The first-order valence-corrected chi connectivity index (χ1v) is 6.25. The molecule has 2 aromatic rings. The lowest BCUT2D eigenvalue weighted by atomic mass is 9.86. The number of aromatic hydroxyl groups is 1. The van der Waals surface area contributed by atoms with Crippen molar-refractivity contribution < 1.29 is 5.11 Å². The summed E-state index contributed by atoms with van der Waals surface area (Å²) in [6, 6.07) is 15.2. The SMILES string of the molecule is CC(C)(C)c1ccc(-c2cc(O)cc(C#N)c2)cc1. The smallest absolute Gasteiger partial charge is 0.117 e. The average molecular weight is 251 g/mol. The maximum atomic E-state index is 9.62. The number of benzene rings is 2. The molecule has 0 aliphatic carbocycles. The van der Waals surface area contributed by atoms with Crippen molar-refractivity contribution in [3.63, 3.8) is 0 Å². The van der Waals surface area contributed by atoms with E-state index in [-0.39, 0.29) is 11.2 Å². The summed E-state index contributed by atoms with van der Waals surface area (Å²) in [6.07, 6.45) is 0. The number of rotatable bonds is 1. The maximum absolute atomic E-state index is 9.62. The normalized spacial score (nSPS) is 11.1. The van der Waals surface area contributed by atoms with E-state index in [0.717, 1.165) is 11.1 Å². The molecule has 0 saturated heterocycles. The van der Waals surface area contributed by atoms with Gasteiger partial charge in [0.25, 0.3) is 0 Å². The van der Waals surface area contributed by atoms with Gasteiger partial charge in [-0.05, 0) is 40.3 Å². The Morgan fingerprint density at radius 1 is 0.947 bits per heavy atom. The Kier molecular flexibility index (Phi) is 3.31. The standard InChI is InChI=1S/C17H17NO/c1-17(2,3)15-6-4-13(5-7-15)14-8-12(11-18)9-16(19)10-14/h4-10,19H,1-3H3. The minimum atomic E-state index is 0.119. The summed E-state index contributed by atoms with van der Waals surface area (Å²) in [7, 11) is 0. The third-order valence-electron chi connectivity index (χ3n) is 3.13. The van der Waals surface area contributed by atoms with Gasteiger partial charge in [0.05, 0.1) is 11.6 Å². The zero-order valence-electron chi connectivity index (χ0n) is 11.4. The molecule has 96 valence electrons. The highest BCUT2D eigenvalue weighted by molar-refractivity contribution is 5.67. The lowest BCUT2D eigenvalue weighted by Crippen LogP contribution is -2.10. The molecular weight excluding hydrogens is 234 g/mol. The van der Waals surface area contributed by atoms with E-state index in [1.807, 2.05) is 12.1 Å². The lowest BCUT2D eigenvalue weighted by Gasteiger charge is -2.19. The van der Waals surface area contributed by atoms with Crippen LogP contribution in [0.2, 0.25) is 0 Å². The van der Waals surface area contributed by atoms with Crippen LogP contribution in [0.5, 0.6) is 5.75 Å². The highest BCUT2D eigenvalue weighted by Gasteiger charge is 2.13. The van der Waals surface area contributed by atoms with Crippen LogP contribution in [0.15, 0.2) is 42.5 Å².